The van der Waals surface area contributed by atoms with Gasteiger partial charge in [0, 0.05) is 5.92 Å². The fourth-order valence-electron chi connectivity index (χ4n) is 2.20. The number of carbonyl (C=O) groups is 2. The Bertz CT molecular complexity index is 504. The van der Waals surface area contributed by atoms with Crippen molar-refractivity contribution in [3.05, 3.63) is 35.4 Å². The summed E-state index contributed by atoms with van der Waals surface area (Å²) >= 11 is 0. The van der Waals surface area contributed by atoms with E-state index in [1.165, 1.54) is 5.56 Å². The van der Waals surface area contributed by atoms with E-state index in [1.54, 1.807) is 0 Å². The Kier molecular flexibility index (Phi) is 4.99. The van der Waals surface area contributed by atoms with Gasteiger partial charge in [0.25, 0.3) is 0 Å². The van der Waals surface area contributed by atoms with E-state index in [0.29, 0.717) is 5.92 Å². The van der Waals surface area contributed by atoms with Gasteiger partial charge in [-0.05, 0) is 36.8 Å². The van der Waals surface area contributed by atoms with E-state index < -0.39 is 0 Å². The minimum absolute atomic E-state index is 0.000843. The lowest BCUT2D eigenvalue weighted by Gasteiger charge is -2.16. The van der Waals surface area contributed by atoms with Gasteiger partial charge in [-0.3, -0.25) is 9.59 Å². The van der Waals surface area contributed by atoms with Gasteiger partial charge in [-0.15, -0.1) is 0 Å². The number of carbonyl (C=O) groups excluding carboxylic acids is 2. The van der Waals surface area contributed by atoms with Gasteiger partial charge in [0.05, 0.1) is 12.6 Å². The molecule has 4 nitrogen and oxygen atoms in total. The second kappa shape index (κ2) is 6.74. The van der Waals surface area contributed by atoms with E-state index in [-0.39, 0.29) is 30.3 Å². The first kappa shape index (κ1) is 15.5. The zero-order valence-corrected chi connectivity index (χ0v) is 13.0. The summed E-state index contributed by atoms with van der Waals surface area (Å²) in [6.07, 6.45) is 1.90. The maximum absolute atomic E-state index is 11.8. The van der Waals surface area contributed by atoms with Crippen LogP contribution in [0.1, 0.15) is 56.7 Å². The highest BCUT2D eigenvalue weighted by atomic mass is 16.2. The topological polar surface area (TPSA) is 58.2 Å². The van der Waals surface area contributed by atoms with Crippen molar-refractivity contribution in [2.24, 2.45) is 5.92 Å². The zero-order chi connectivity index (χ0) is 15.4. The highest BCUT2D eigenvalue weighted by molar-refractivity contribution is 5.87. The lowest BCUT2D eigenvalue weighted by atomic mass is 9.99. The number of amides is 2. The van der Waals surface area contributed by atoms with Crippen molar-refractivity contribution in [2.45, 2.75) is 45.6 Å². The van der Waals surface area contributed by atoms with Crippen molar-refractivity contribution in [1.82, 2.24) is 10.6 Å². The molecule has 1 saturated carbocycles. The molecule has 0 saturated heterocycles. The zero-order valence-electron chi connectivity index (χ0n) is 13.0. The van der Waals surface area contributed by atoms with Crippen molar-refractivity contribution < 1.29 is 9.59 Å². The van der Waals surface area contributed by atoms with E-state index in [2.05, 4.69) is 36.6 Å². The van der Waals surface area contributed by atoms with Gasteiger partial charge >= 0.3 is 0 Å². The molecule has 0 radical (unpaired) electrons. The molecule has 21 heavy (non-hydrogen) atoms. The van der Waals surface area contributed by atoms with Crippen LogP contribution in [0.25, 0.3) is 0 Å². The van der Waals surface area contributed by atoms with E-state index in [4.69, 9.17) is 0 Å². The first-order chi connectivity index (χ1) is 9.97. The third-order valence-corrected chi connectivity index (χ3v) is 3.85. The fraction of sp³-hybridized carbons (Fsp3) is 0.529. The fourth-order valence-corrected chi connectivity index (χ4v) is 2.20. The predicted octanol–water partition coefficient (Wildman–Crippen LogP) is 2.51. The van der Waals surface area contributed by atoms with Crippen LogP contribution in [0.5, 0.6) is 0 Å². The van der Waals surface area contributed by atoms with Crippen LogP contribution in [-0.4, -0.2) is 18.4 Å². The molecule has 2 rings (SSSR count). The Balaban J connectivity index is 1.80. The normalized spacial score (nSPS) is 15.6. The molecule has 1 aromatic rings. The molecule has 2 N–H and O–H groups in total. The van der Waals surface area contributed by atoms with Gasteiger partial charge in [-0.25, -0.2) is 0 Å². The summed E-state index contributed by atoms with van der Waals surface area (Å²) in [7, 11) is 0. The molecule has 1 aliphatic rings. The highest BCUT2D eigenvalue weighted by Crippen LogP contribution is 2.28. The Morgan fingerprint density at radius 1 is 1.10 bits per heavy atom. The molecule has 1 fully saturated rings. The lowest BCUT2D eigenvalue weighted by Crippen LogP contribution is -2.38. The van der Waals surface area contributed by atoms with Gasteiger partial charge < -0.3 is 10.6 Å². The molecule has 0 aliphatic heterocycles. The van der Waals surface area contributed by atoms with Crippen molar-refractivity contribution in [2.75, 3.05) is 6.54 Å². The molecular formula is C17H24N2O2. The van der Waals surface area contributed by atoms with E-state index in [1.807, 2.05) is 19.1 Å². The van der Waals surface area contributed by atoms with Crippen LogP contribution < -0.4 is 10.6 Å². The van der Waals surface area contributed by atoms with E-state index >= 15 is 0 Å². The molecule has 114 valence electrons. The summed E-state index contributed by atoms with van der Waals surface area (Å²) in [5.74, 6) is 0.490. The van der Waals surface area contributed by atoms with Crippen LogP contribution in [0, 0.1) is 5.92 Å². The molecule has 2 amide bonds. The summed E-state index contributed by atoms with van der Waals surface area (Å²) in [5, 5.41) is 5.58. The van der Waals surface area contributed by atoms with Crippen molar-refractivity contribution in [1.29, 1.82) is 0 Å². The summed E-state index contributed by atoms with van der Waals surface area (Å²) < 4.78 is 0. The van der Waals surface area contributed by atoms with Crippen molar-refractivity contribution in [3.8, 4) is 0 Å². The molecule has 4 heteroatoms. The minimum atomic E-state index is -0.149. The summed E-state index contributed by atoms with van der Waals surface area (Å²) in [6, 6.07) is 8.22. The van der Waals surface area contributed by atoms with E-state index in [0.717, 1.165) is 18.4 Å². The molecule has 0 bridgehead atoms. The summed E-state index contributed by atoms with van der Waals surface area (Å²) in [4.78, 5) is 23.3. The number of hydrogen-bond acceptors (Lipinski definition) is 2. The van der Waals surface area contributed by atoms with Gasteiger partial charge in [0.1, 0.15) is 0 Å². The molecule has 1 unspecified atom stereocenters. The average Bonchev–Trinajstić information content (AvgIpc) is 3.29. The number of nitrogens with one attached hydrogen (secondary N) is 2. The number of hydrogen-bond donors (Lipinski definition) is 2. The average molecular weight is 288 g/mol. The Morgan fingerprint density at radius 2 is 1.67 bits per heavy atom. The lowest BCUT2D eigenvalue weighted by molar-refractivity contribution is -0.127. The molecule has 0 heterocycles. The standard InChI is InChI=1S/C17H24N2O2/c1-11(2)13-4-6-14(7-5-13)12(3)19-16(20)10-18-17(21)15-8-9-15/h4-7,11-12,15H,8-10H2,1-3H3,(H,18,21)(H,19,20). The van der Waals surface area contributed by atoms with E-state index in [9.17, 15) is 9.59 Å². The Morgan fingerprint density at radius 3 is 2.19 bits per heavy atom. The van der Waals surface area contributed by atoms with Crippen LogP contribution in [0.3, 0.4) is 0 Å². The van der Waals surface area contributed by atoms with Gasteiger partial charge in [0.2, 0.25) is 11.8 Å². The molecular weight excluding hydrogens is 264 g/mol. The predicted molar refractivity (Wildman–Crippen MR) is 82.8 cm³/mol. The maximum Gasteiger partial charge on any atom is 0.239 e. The third kappa shape index (κ3) is 4.59. The van der Waals surface area contributed by atoms with Crippen LogP contribution in [0.15, 0.2) is 24.3 Å². The monoisotopic (exact) mass is 288 g/mol. The van der Waals surface area contributed by atoms with Crippen LogP contribution in [-0.2, 0) is 9.59 Å². The second-order valence-electron chi connectivity index (χ2n) is 6.10. The molecule has 0 aromatic heterocycles. The quantitative estimate of drug-likeness (QED) is 0.845. The van der Waals surface area contributed by atoms with Crippen molar-refractivity contribution in [3.63, 3.8) is 0 Å². The second-order valence-corrected chi connectivity index (χ2v) is 6.10. The molecule has 1 aromatic carbocycles. The van der Waals surface area contributed by atoms with Crippen LogP contribution >= 0.6 is 0 Å². The summed E-state index contributed by atoms with van der Waals surface area (Å²) in [6.45, 7) is 6.32. The molecule has 1 atom stereocenters. The Labute approximate surface area is 126 Å². The van der Waals surface area contributed by atoms with Gasteiger partial charge in [-0.2, -0.15) is 0 Å². The molecule has 1 aliphatic carbocycles. The minimum Gasteiger partial charge on any atom is -0.348 e. The smallest absolute Gasteiger partial charge is 0.239 e. The maximum atomic E-state index is 11.8. The highest BCUT2D eigenvalue weighted by Gasteiger charge is 2.29. The van der Waals surface area contributed by atoms with Crippen LogP contribution in [0.4, 0.5) is 0 Å². The first-order valence-electron chi connectivity index (χ1n) is 7.64. The number of rotatable bonds is 6. The molecule has 0 spiro atoms. The van der Waals surface area contributed by atoms with Crippen molar-refractivity contribution >= 4 is 11.8 Å². The van der Waals surface area contributed by atoms with Gasteiger partial charge in [-0.1, -0.05) is 38.1 Å². The SMILES string of the molecule is CC(C)c1ccc(C(C)NC(=O)CNC(=O)C2CC2)cc1. The van der Waals surface area contributed by atoms with Crippen LogP contribution in [0.2, 0.25) is 0 Å². The number of benzene rings is 1. The summed E-state index contributed by atoms with van der Waals surface area (Å²) in [5.41, 5.74) is 2.36. The largest absolute Gasteiger partial charge is 0.348 e. The van der Waals surface area contributed by atoms with Gasteiger partial charge in [0.15, 0.2) is 0 Å². The third-order valence-electron chi connectivity index (χ3n) is 3.85. The Hall–Kier alpha value is -1.84. The first-order valence-corrected chi connectivity index (χ1v) is 7.64.